The number of nitrogens with zero attached hydrogens (tertiary/aromatic N) is 3. The molecule has 2 aromatic carbocycles. The highest BCUT2D eigenvalue weighted by Gasteiger charge is 2.74. The maximum Gasteiger partial charge on any atom is 0.251 e. The normalized spacial score (nSPS) is 25.8. The van der Waals surface area contributed by atoms with Crippen LogP contribution in [0.15, 0.2) is 73.8 Å². The smallest absolute Gasteiger partial charge is 0.251 e. The summed E-state index contributed by atoms with van der Waals surface area (Å²) in [4.78, 5) is 48.5. The van der Waals surface area contributed by atoms with Gasteiger partial charge in [-0.2, -0.15) is 0 Å². The maximum absolute atomic E-state index is 14.7. The zero-order valence-electron chi connectivity index (χ0n) is 24.6. The summed E-state index contributed by atoms with van der Waals surface area (Å²) in [7, 11) is 0. The summed E-state index contributed by atoms with van der Waals surface area (Å²) in [6.07, 6.45) is 5.28. The number of hydrogen-bond acceptors (Lipinski definition) is 5. The highest BCUT2D eigenvalue weighted by atomic mass is 32.2. The lowest BCUT2D eigenvalue weighted by Crippen LogP contribution is -2.55. The number of aliphatic hydroxyl groups excluding tert-OH is 1. The third-order valence-corrected chi connectivity index (χ3v) is 10.9. The van der Waals surface area contributed by atoms with Crippen molar-refractivity contribution >= 4 is 35.2 Å². The molecular formula is C34H41N3O4S. The van der Waals surface area contributed by atoms with Crippen LogP contribution in [0.3, 0.4) is 0 Å². The number of thioether (sulfide) groups is 1. The van der Waals surface area contributed by atoms with Crippen molar-refractivity contribution < 1.29 is 19.5 Å². The molecule has 222 valence electrons. The number of benzene rings is 2. The first-order valence-corrected chi connectivity index (χ1v) is 15.7. The van der Waals surface area contributed by atoms with E-state index in [2.05, 4.69) is 13.2 Å². The van der Waals surface area contributed by atoms with Crippen LogP contribution in [0.1, 0.15) is 36.0 Å². The van der Waals surface area contributed by atoms with E-state index in [0.29, 0.717) is 32.5 Å². The molecule has 1 spiro atoms. The molecule has 3 aliphatic rings. The number of amides is 3. The van der Waals surface area contributed by atoms with Gasteiger partial charge in [-0.05, 0) is 55.9 Å². The first kappa shape index (κ1) is 30.1. The van der Waals surface area contributed by atoms with Gasteiger partial charge in [0.05, 0.1) is 16.6 Å². The van der Waals surface area contributed by atoms with Crippen LogP contribution in [0, 0.1) is 25.7 Å². The van der Waals surface area contributed by atoms with Crippen LogP contribution < -0.4 is 4.90 Å². The summed E-state index contributed by atoms with van der Waals surface area (Å²) in [5.41, 5.74) is 3.82. The van der Waals surface area contributed by atoms with Crippen LogP contribution in [0.4, 0.5) is 5.69 Å². The van der Waals surface area contributed by atoms with Crippen LogP contribution in [0.5, 0.6) is 0 Å². The van der Waals surface area contributed by atoms with Crippen molar-refractivity contribution in [3.05, 3.63) is 90.5 Å². The highest BCUT2D eigenvalue weighted by molar-refractivity contribution is 8.02. The number of aliphatic hydroxyl groups is 1. The van der Waals surface area contributed by atoms with Gasteiger partial charge in [0.25, 0.3) is 5.91 Å². The van der Waals surface area contributed by atoms with Crippen LogP contribution in [0.25, 0.3) is 0 Å². The SMILES string of the molecule is C=CCN(Cc1ccccc1)C(=O)[C@@H]1[C@@H]2CCC3(S2)C(C(=O)N(CC=C)c2cc(C)ccc2C)N(CCCO)C(=O)[C@H]13. The molecular weight excluding hydrogens is 546 g/mol. The predicted octanol–water partition coefficient (Wildman–Crippen LogP) is 4.51. The summed E-state index contributed by atoms with van der Waals surface area (Å²) in [5, 5.41) is 9.67. The fraction of sp³-hybridized carbons (Fsp3) is 0.441. The fourth-order valence-corrected chi connectivity index (χ4v) is 9.40. The monoisotopic (exact) mass is 587 g/mol. The van der Waals surface area contributed by atoms with Gasteiger partial charge in [-0.3, -0.25) is 14.4 Å². The summed E-state index contributed by atoms with van der Waals surface area (Å²) in [5.74, 6) is -1.45. The average Bonchev–Trinajstić information content (AvgIpc) is 3.63. The Labute approximate surface area is 253 Å². The van der Waals surface area contributed by atoms with Crippen molar-refractivity contribution in [2.75, 3.05) is 31.1 Å². The quantitative estimate of drug-likeness (QED) is 0.370. The molecule has 0 radical (unpaired) electrons. The maximum atomic E-state index is 14.7. The third kappa shape index (κ3) is 5.20. The predicted molar refractivity (Wildman–Crippen MR) is 168 cm³/mol. The molecule has 8 heteroatoms. The molecule has 3 heterocycles. The van der Waals surface area contributed by atoms with E-state index in [4.69, 9.17) is 0 Å². The van der Waals surface area contributed by atoms with E-state index < -0.39 is 22.6 Å². The lowest BCUT2D eigenvalue weighted by molar-refractivity contribution is -0.144. The lowest BCUT2D eigenvalue weighted by atomic mass is 9.70. The third-order valence-electron chi connectivity index (χ3n) is 8.99. The topological polar surface area (TPSA) is 81.2 Å². The Morgan fingerprint density at radius 3 is 2.52 bits per heavy atom. The van der Waals surface area contributed by atoms with Gasteiger partial charge >= 0.3 is 0 Å². The minimum Gasteiger partial charge on any atom is -0.396 e. The Balaban J connectivity index is 1.53. The Morgan fingerprint density at radius 2 is 1.83 bits per heavy atom. The fourth-order valence-electron chi connectivity index (χ4n) is 7.19. The number of likely N-dealkylation sites (tertiary alicyclic amines) is 1. The van der Waals surface area contributed by atoms with E-state index in [0.717, 1.165) is 28.8 Å². The molecule has 3 saturated heterocycles. The van der Waals surface area contributed by atoms with Crippen LogP contribution >= 0.6 is 11.8 Å². The molecule has 5 rings (SSSR count). The molecule has 3 amide bonds. The van der Waals surface area contributed by atoms with Gasteiger partial charge in [0, 0.05) is 43.7 Å². The van der Waals surface area contributed by atoms with Gasteiger partial charge < -0.3 is 19.8 Å². The number of hydrogen-bond donors (Lipinski definition) is 1. The Hall–Kier alpha value is -3.36. The van der Waals surface area contributed by atoms with Crippen LogP contribution in [0.2, 0.25) is 0 Å². The molecule has 7 nitrogen and oxygen atoms in total. The second-order valence-corrected chi connectivity index (χ2v) is 13.3. The molecule has 3 aliphatic heterocycles. The zero-order valence-corrected chi connectivity index (χ0v) is 25.4. The number of aryl methyl sites for hydroxylation is 2. The van der Waals surface area contributed by atoms with Crippen molar-refractivity contribution in [2.45, 2.75) is 55.7 Å². The molecule has 0 aromatic heterocycles. The second-order valence-electron chi connectivity index (χ2n) is 11.7. The van der Waals surface area contributed by atoms with Crippen LogP contribution in [-0.2, 0) is 20.9 Å². The first-order valence-electron chi connectivity index (χ1n) is 14.8. The van der Waals surface area contributed by atoms with E-state index in [-0.39, 0.29) is 36.1 Å². The molecule has 1 N–H and O–H groups in total. The molecule has 5 atom stereocenters. The number of fused-ring (bicyclic) bond motifs is 1. The Bertz CT molecular complexity index is 1360. The van der Waals surface area contributed by atoms with Crippen molar-refractivity contribution in [1.29, 1.82) is 0 Å². The van der Waals surface area contributed by atoms with Gasteiger partial charge in [-0.1, -0.05) is 54.6 Å². The number of carbonyl (C=O) groups excluding carboxylic acids is 3. The van der Waals surface area contributed by atoms with Gasteiger partial charge in [-0.25, -0.2) is 0 Å². The highest BCUT2D eigenvalue weighted by Crippen LogP contribution is 2.66. The largest absolute Gasteiger partial charge is 0.396 e. The molecule has 2 aromatic rings. The minimum atomic E-state index is -0.726. The first-order chi connectivity index (χ1) is 20.3. The van der Waals surface area contributed by atoms with E-state index >= 15 is 0 Å². The van der Waals surface area contributed by atoms with Gasteiger partial charge in [0.2, 0.25) is 11.8 Å². The van der Waals surface area contributed by atoms with Gasteiger partial charge in [-0.15, -0.1) is 24.9 Å². The van der Waals surface area contributed by atoms with Gasteiger partial charge in [0.1, 0.15) is 6.04 Å². The molecule has 0 saturated carbocycles. The standard InChI is InChI=1S/C34H41N3O4S/c1-5-17-35(22-25-11-8-7-9-12-25)31(39)28-27-15-16-34(42-27)29(28)32(40)37(19-10-20-38)30(34)33(41)36(18-6-2)26-21-23(3)13-14-24(26)4/h5-9,11-14,21,27-30,38H,1-2,10,15-20,22H2,3-4H3/t27-,28+,29-,30?,34?/m0/s1. The summed E-state index contributed by atoms with van der Waals surface area (Å²) in [6.45, 7) is 13.1. The number of rotatable bonds is 12. The lowest BCUT2D eigenvalue weighted by Gasteiger charge is -2.38. The molecule has 42 heavy (non-hydrogen) atoms. The second kappa shape index (κ2) is 12.5. The van der Waals surface area contributed by atoms with E-state index in [9.17, 15) is 19.5 Å². The number of anilines is 1. The number of carbonyl (C=O) groups is 3. The molecule has 0 aliphatic carbocycles. The van der Waals surface area contributed by atoms with Crippen molar-refractivity contribution in [1.82, 2.24) is 9.80 Å². The molecule has 3 fully saturated rings. The van der Waals surface area contributed by atoms with E-state index in [1.54, 1.807) is 38.6 Å². The molecule has 2 unspecified atom stereocenters. The summed E-state index contributed by atoms with van der Waals surface area (Å²) >= 11 is 1.67. The molecule has 2 bridgehead atoms. The van der Waals surface area contributed by atoms with Crippen molar-refractivity contribution in [2.24, 2.45) is 11.8 Å². The summed E-state index contributed by atoms with van der Waals surface area (Å²) in [6, 6.07) is 15.1. The Morgan fingerprint density at radius 1 is 1.10 bits per heavy atom. The van der Waals surface area contributed by atoms with Gasteiger partial charge in [0.15, 0.2) is 0 Å². The summed E-state index contributed by atoms with van der Waals surface area (Å²) < 4.78 is -0.696. The minimum absolute atomic E-state index is 0.0293. The van der Waals surface area contributed by atoms with E-state index in [1.807, 2.05) is 62.4 Å². The van der Waals surface area contributed by atoms with Crippen molar-refractivity contribution in [3.63, 3.8) is 0 Å². The zero-order chi connectivity index (χ0) is 30.0. The van der Waals surface area contributed by atoms with Crippen LogP contribution in [-0.4, -0.2) is 74.9 Å². The Kier molecular flexibility index (Phi) is 8.94. The average molecular weight is 588 g/mol. The van der Waals surface area contributed by atoms with Crippen molar-refractivity contribution in [3.8, 4) is 0 Å². The van der Waals surface area contributed by atoms with E-state index in [1.165, 1.54) is 0 Å².